The molecule has 0 saturated carbocycles. The Morgan fingerprint density at radius 2 is 2.11 bits per heavy atom. The second-order valence-electron chi connectivity index (χ2n) is 3.50. The molecule has 0 fully saturated rings. The monoisotopic (exact) mass is 293 g/mol. The normalized spacial score (nSPS) is 11.7. The average molecular weight is 293 g/mol. The molecular formula is C11H10F3NO3S. The first kappa shape index (κ1) is 15.2. The maximum absolute atomic E-state index is 11.9. The average Bonchev–Trinajstić information content (AvgIpc) is 2.72. The van der Waals surface area contributed by atoms with Gasteiger partial charge in [0.2, 0.25) is 0 Å². The predicted molar refractivity (Wildman–Crippen MR) is 64.0 cm³/mol. The van der Waals surface area contributed by atoms with E-state index in [1.807, 2.05) is 0 Å². The summed E-state index contributed by atoms with van der Waals surface area (Å²) in [7, 11) is 0. The van der Waals surface area contributed by atoms with Crippen LogP contribution in [-0.4, -0.2) is 29.7 Å². The lowest BCUT2D eigenvalue weighted by molar-refractivity contribution is -0.133. The molecule has 0 aliphatic carbocycles. The standard InChI is InChI=1S/C11H10F3NO3S/c12-11(13,14)4-5-15-10(18)9-7(3-6-19-9)1-2-8(16)17/h1-3,6H,4-5H2,(H,15,18)(H,16,17). The molecule has 0 unspecified atom stereocenters. The number of carboxylic acids is 1. The first-order valence-corrected chi connectivity index (χ1v) is 6.01. The number of thiophene rings is 1. The van der Waals surface area contributed by atoms with Gasteiger partial charge in [0.05, 0.1) is 11.3 Å². The number of nitrogens with one attached hydrogen (secondary N) is 1. The fourth-order valence-corrected chi connectivity index (χ4v) is 2.00. The highest BCUT2D eigenvalue weighted by Crippen LogP contribution is 2.20. The molecule has 1 aromatic rings. The molecule has 1 amide bonds. The van der Waals surface area contributed by atoms with Gasteiger partial charge in [0.1, 0.15) is 0 Å². The summed E-state index contributed by atoms with van der Waals surface area (Å²) in [5.41, 5.74) is 0.358. The Kier molecular flexibility index (Phi) is 5.11. The lowest BCUT2D eigenvalue weighted by atomic mass is 10.2. The Morgan fingerprint density at radius 1 is 1.42 bits per heavy atom. The van der Waals surface area contributed by atoms with Gasteiger partial charge in [-0.1, -0.05) is 0 Å². The first-order valence-electron chi connectivity index (χ1n) is 5.13. The molecule has 1 aromatic heterocycles. The smallest absolute Gasteiger partial charge is 0.390 e. The number of carboxylic acid groups (broad SMARTS) is 1. The van der Waals surface area contributed by atoms with Crippen LogP contribution in [0.25, 0.3) is 6.08 Å². The molecule has 1 heterocycles. The highest BCUT2D eigenvalue weighted by molar-refractivity contribution is 7.12. The van der Waals surface area contributed by atoms with Crippen molar-refractivity contribution in [2.45, 2.75) is 12.6 Å². The van der Waals surface area contributed by atoms with Crippen LogP contribution in [0.15, 0.2) is 17.5 Å². The molecular weight excluding hydrogens is 283 g/mol. The van der Waals surface area contributed by atoms with Gasteiger partial charge in [0.25, 0.3) is 5.91 Å². The summed E-state index contributed by atoms with van der Waals surface area (Å²) in [6.45, 7) is -0.512. The number of hydrogen-bond acceptors (Lipinski definition) is 3. The van der Waals surface area contributed by atoms with Gasteiger partial charge in [-0.15, -0.1) is 11.3 Å². The number of amides is 1. The van der Waals surface area contributed by atoms with Gasteiger partial charge < -0.3 is 10.4 Å². The molecule has 0 spiro atoms. The van der Waals surface area contributed by atoms with E-state index >= 15 is 0 Å². The van der Waals surface area contributed by atoms with Crippen molar-refractivity contribution in [2.24, 2.45) is 0 Å². The fraction of sp³-hybridized carbons (Fsp3) is 0.273. The third kappa shape index (κ3) is 5.56. The maximum Gasteiger partial charge on any atom is 0.390 e. The third-order valence-corrected chi connectivity index (χ3v) is 2.93. The van der Waals surface area contributed by atoms with E-state index in [1.54, 1.807) is 5.38 Å². The van der Waals surface area contributed by atoms with Crippen LogP contribution in [0.2, 0.25) is 0 Å². The molecule has 104 valence electrons. The largest absolute Gasteiger partial charge is 0.478 e. The molecule has 0 atom stereocenters. The lowest BCUT2D eigenvalue weighted by Crippen LogP contribution is -2.27. The summed E-state index contributed by atoms with van der Waals surface area (Å²) < 4.78 is 35.7. The number of rotatable bonds is 5. The molecule has 1 rings (SSSR count). The van der Waals surface area contributed by atoms with E-state index in [0.29, 0.717) is 5.56 Å². The maximum atomic E-state index is 11.9. The van der Waals surface area contributed by atoms with Gasteiger partial charge in [-0.05, 0) is 23.1 Å². The van der Waals surface area contributed by atoms with E-state index in [4.69, 9.17) is 5.11 Å². The van der Waals surface area contributed by atoms with Gasteiger partial charge in [-0.2, -0.15) is 13.2 Å². The van der Waals surface area contributed by atoms with Crippen LogP contribution >= 0.6 is 11.3 Å². The Hall–Kier alpha value is -1.83. The highest BCUT2D eigenvalue weighted by atomic mass is 32.1. The summed E-state index contributed by atoms with van der Waals surface area (Å²) in [5.74, 6) is -1.82. The number of carbonyl (C=O) groups is 2. The number of alkyl halides is 3. The quantitative estimate of drug-likeness (QED) is 0.820. The van der Waals surface area contributed by atoms with Gasteiger partial charge >= 0.3 is 12.1 Å². The van der Waals surface area contributed by atoms with Crippen molar-refractivity contribution in [3.63, 3.8) is 0 Å². The number of aliphatic carboxylic acids is 1. The number of carbonyl (C=O) groups excluding carboxylic acids is 1. The first-order chi connectivity index (χ1) is 8.79. The molecule has 0 aromatic carbocycles. The molecule has 19 heavy (non-hydrogen) atoms. The van der Waals surface area contributed by atoms with Crippen molar-refractivity contribution >= 4 is 29.3 Å². The minimum Gasteiger partial charge on any atom is -0.478 e. The Balaban J connectivity index is 2.63. The molecule has 0 radical (unpaired) electrons. The van der Waals surface area contributed by atoms with Crippen molar-refractivity contribution in [1.29, 1.82) is 0 Å². The van der Waals surface area contributed by atoms with E-state index in [-0.39, 0.29) is 4.88 Å². The second-order valence-corrected chi connectivity index (χ2v) is 4.41. The summed E-state index contributed by atoms with van der Waals surface area (Å²) in [6.07, 6.45) is -3.36. The second kappa shape index (κ2) is 6.37. The third-order valence-electron chi connectivity index (χ3n) is 2.00. The van der Waals surface area contributed by atoms with Crippen LogP contribution in [0.3, 0.4) is 0 Å². The van der Waals surface area contributed by atoms with Crippen LogP contribution in [0.1, 0.15) is 21.7 Å². The van der Waals surface area contributed by atoms with Crippen LogP contribution in [0, 0.1) is 0 Å². The molecule has 0 saturated heterocycles. The Morgan fingerprint density at radius 3 is 2.68 bits per heavy atom. The van der Waals surface area contributed by atoms with Crippen molar-refractivity contribution in [3.05, 3.63) is 28.0 Å². The number of halogens is 3. The van der Waals surface area contributed by atoms with Gasteiger partial charge in [-0.3, -0.25) is 4.79 Å². The summed E-state index contributed by atoms with van der Waals surface area (Å²) in [5, 5.41) is 12.2. The molecule has 0 aliphatic heterocycles. The molecule has 0 aliphatic rings. The van der Waals surface area contributed by atoms with Gasteiger partial charge in [0, 0.05) is 12.6 Å². The molecule has 4 nitrogen and oxygen atoms in total. The summed E-state index contributed by atoms with van der Waals surface area (Å²) in [4.78, 5) is 22.1. The molecule has 8 heteroatoms. The summed E-state index contributed by atoms with van der Waals surface area (Å²) in [6, 6.07) is 1.52. The van der Waals surface area contributed by atoms with Gasteiger partial charge in [0.15, 0.2) is 0 Å². The number of hydrogen-bond donors (Lipinski definition) is 2. The zero-order valence-electron chi connectivity index (χ0n) is 9.53. The van der Waals surface area contributed by atoms with Crippen molar-refractivity contribution < 1.29 is 27.9 Å². The van der Waals surface area contributed by atoms with E-state index in [9.17, 15) is 22.8 Å². The van der Waals surface area contributed by atoms with Crippen molar-refractivity contribution in [1.82, 2.24) is 5.32 Å². The van der Waals surface area contributed by atoms with E-state index in [2.05, 4.69) is 5.32 Å². The predicted octanol–water partition coefficient (Wildman–Crippen LogP) is 2.53. The van der Waals surface area contributed by atoms with Crippen molar-refractivity contribution in [2.75, 3.05) is 6.54 Å². The van der Waals surface area contributed by atoms with E-state index < -0.39 is 31.0 Å². The van der Waals surface area contributed by atoms with E-state index in [0.717, 1.165) is 17.4 Å². The van der Waals surface area contributed by atoms with Crippen LogP contribution in [0.4, 0.5) is 13.2 Å². The molecule has 2 N–H and O–H groups in total. The zero-order valence-corrected chi connectivity index (χ0v) is 10.3. The Labute approximate surface area is 110 Å². The minimum absolute atomic E-state index is 0.180. The van der Waals surface area contributed by atoms with Gasteiger partial charge in [-0.25, -0.2) is 4.79 Å². The molecule has 0 bridgehead atoms. The highest BCUT2D eigenvalue weighted by Gasteiger charge is 2.26. The van der Waals surface area contributed by atoms with Crippen LogP contribution < -0.4 is 5.32 Å². The van der Waals surface area contributed by atoms with Crippen molar-refractivity contribution in [3.8, 4) is 0 Å². The van der Waals surface area contributed by atoms with Crippen LogP contribution in [-0.2, 0) is 4.79 Å². The topological polar surface area (TPSA) is 66.4 Å². The van der Waals surface area contributed by atoms with E-state index in [1.165, 1.54) is 12.1 Å². The lowest BCUT2D eigenvalue weighted by Gasteiger charge is -2.07. The fourth-order valence-electron chi connectivity index (χ4n) is 1.19. The Bertz CT molecular complexity index is 494. The SMILES string of the molecule is O=C(O)C=Cc1ccsc1C(=O)NCCC(F)(F)F. The minimum atomic E-state index is -4.32. The van der Waals surface area contributed by atoms with Crippen LogP contribution in [0.5, 0.6) is 0 Å². The zero-order chi connectivity index (χ0) is 14.5. The summed E-state index contributed by atoms with van der Waals surface area (Å²) >= 11 is 1.03.